The Morgan fingerprint density at radius 1 is 1.00 bits per heavy atom. The van der Waals surface area contributed by atoms with Gasteiger partial charge in [0.05, 0.1) is 12.8 Å². The molecular weight excluding hydrogens is 264 g/mol. The molecule has 0 amide bonds. The molecule has 4 heteroatoms. The summed E-state index contributed by atoms with van der Waals surface area (Å²) in [6.45, 7) is 0. The number of hydrogen-bond acceptors (Lipinski definition) is 3. The number of hydrogen-bond donors (Lipinski definition) is 1. The predicted molar refractivity (Wildman–Crippen MR) is 80.8 cm³/mol. The molecule has 2 aromatic carbocycles. The van der Waals surface area contributed by atoms with Crippen LogP contribution in [0.15, 0.2) is 60.8 Å². The van der Waals surface area contributed by atoms with E-state index in [0.29, 0.717) is 5.69 Å². The molecule has 0 saturated carbocycles. The van der Waals surface area contributed by atoms with Crippen LogP contribution >= 0.6 is 0 Å². The Labute approximate surface area is 122 Å². The van der Waals surface area contributed by atoms with Crippen LogP contribution in [0.5, 0.6) is 0 Å². The van der Waals surface area contributed by atoms with Crippen molar-refractivity contribution in [2.75, 3.05) is 7.11 Å². The summed E-state index contributed by atoms with van der Waals surface area (Å²) in [5, 5.41) is 0. The van der Waals surface area contributed by atoms with Crippen LogP contribution < -0.4 is 0 Å². The van der Waals surface area contributed by atoms with Crippen molar-refractivity contribution in [2.45, 2.75) is 0 Å². The fraction of sp³-hybridized carbons (Fsp3) is 0.0588. The van der Waals surface area contributed by atoms with Crippen LogP contribution in [0.25, 0.3) is 22.4 Å². The number of nitrogens with one attached hydrogen (secondary N) is 1. The van der Waals surface area contributed by atoms with Crippen LogP contribution in [0.2, 0.25) is 0 Å². The summed E-state index contributed by atoms with van der Waals surface area (Å²) in [4.78, 5) is 18.5. The number of imidazole rings is 1. The van der Waals surface area contributed by atoms with Gasteiger partial charge in [0.15, 0.2) is 0 Å². The largest absolute Gasteiger partial charge is 0.463 e. The molecular formula is C17H14N2O2. The topological polar surface area (TPSA) is 55.0 Å². The van der Waals surface area contributed by atoms with Crippen LogP contribution in [-0.2, 0) is 4.74 Å². The van der Waals surface area contributed by atoms with E-state index in [2.05, 4.69) is 26.8 Å². The highest BCUT2D eigenvalue weighted by Gasteiger charge is 2.11. The quantitative estimate of drug-likeness (QED) is 0.746. The number of benzene rings is 2. The van der Waals surface area contributed by atoms with Gasteiger partial charge in [0, 0.05) is 11.8 Å². The van der Waals surface area contributed by atoms with Gasteiger partial charge in [-0.05, 0) is 17.2 Å². The molecule has 21 heavy (non-hydrogen) atoms. The van der Waals surface area contributed by atoms with Crippen molar-refractivity contribution < 1.29 is 9.53 Å². The zero-order valence-corrected chi connectivity index (χ0v) is 11.5. The highest BCUT2D eigenvalue weighted by Crippen LogP contribution is 2.25. The normalized spacial score (nSPS) is 10.3. The molecule has 3 aromatic rings. The van der Waals surface area contributed by atoms with E-state index >= 15 is 0 Å². The van der Waals surface area contributed by atoms with Gasteiger partial charge in [-0.1, -0.05) is 48.5 Å². The second-order valence-electron chi connectivity index (χ2n) is 4.57. The molecule has 0 fully saturated rings. The first-order valence-corrected chi connectivity index (χ1v) is 6.57. The molecule has 0 aliphatic carbocycles. The second-order valence-corrected chi connectivity index (χ2v) is 4.57. The van der Waals surface area contributed by atoms with Crippen LogP contribution in [0, 0.1) is 0 Å². The molecule has 4 nitrogen and oxygen atoms in total. The lowest BCUT2D eigenvalue weighted by Gasteiger charge is -2.03. The Morgan fingerprint density at radius 3 is 2.48 bits per heavy atom. The summed E-state index contributed by atoms with van der Waals surface area (Å²) < 4.78 is 4.65. The van der Waals surface area contributed by atoms with E-state index in [4.69, 9.17) is 0 Å². The molecule has 1 N–H and O–H groups in total. The minimum Gasteiger partial charge on any atom is -0.463 e. The number of H-pyrrole nitrogens is 1. The van der Waals surface area contributed by atoms with Gasteiger partial charge in [-0.2, -0.15) is 0 Å². The van der Waals surface area contributed by atoms with Crippen molar-refractivity contribution in [3.63, 3.8) is 0 Å². The van der Waals surface area contributed by atoms with Crippen molar-refractivity contribution in [3.05, 3.63) is 66.6 Å². The summed E-state index contributed by atoms with van der Waals surface area (Å²) >= 11 is 0. The van der Waals surface area contributed by atoms with Gasteiger partial charge in [0.25, 0.3) is 0 Å². The van der Waals surface area contributed by atoms with Crippen LogP contribution in [0.1, 0.15) is 10.6 Å². The van der Waals surface area contributed by atoms with Gasteiger partial charge < -0.3 is 9.72 Å². The first-order valence-electron chi connectivity index (χ1n) is 6.57. The number of esters is 1. The Balaban J connectivity index is 1.97. The van der Waals surface area contributed by atoms with E-state index in [1.54, 1.807) is 6.20 Å². The van der Waals surface area contributed by atoms with Crippen molar-refractivity contribution in [3.8, 4) is 22.4 Å². The van der Waals surface area contributed by atoms with E-state index < -0.39 is 5.97 Å². The van der Waals surface area contributed by atoms with E-state index in [9.17, 15) is 4.79 Å². The second kappa shape index (κ2) is 5.63. The third kappa shape index (κ3) is 2.69. The molecule has 0 radical (unpaired) electrons. The van der Waals surface area contributed by atoms with Crippen LogP contribution in [0.3, 0.4) is 0 Å². The fourth-order valence-corrected chi connectivity index (χ4v) is 2.16. The summed E-state index contributed by atoms with van der Waals surface area (Å²) in [5.41, 5.74) is 3.91. The monoisotopic (exact) mass is 278 g/mol. The lowest BCUT2D eigenvalue weighted by Crippen LogP contribution is -2.03. The zero-order chi connectivity index (χ0) is 14.7. The predicted octanol–water partition coefficient (Wildman–Crippen LogP) is 3.53. The third-order valence-electron chi connectivity index (χ3n) is 3.22. The number of carbonyl (C=O) groups excluding carboxylic acids is 1. The number of aromatic nitrogens is 2. The van der Waals surface area contributed by atoms with Crippen molar-refractivity contribution in [2.24, 2.45) is 0 Å². The molecule has 0 atom stereocenters. The molecule has 0 bridgehead atoms. The van der Waals surface area contributed by atoms with Crippen molar-refractivity contribution >= 4 is 5.97 Å². The number of carbonyl (C=O) groups is 1. The van der Waals surface area contributed by atoms with Crippen molar-refractivity contribution in [1.82, 2.24) is 9.97 Å². The number of ether oxygens (including phenoxy) is 1. The standard InChI is InChI=1S/C17H14N2O2/c1-21-17(20)16-18-11-15(19-16)14-9-5-8-13(10-14)12-6-3-2-4-7-12/h2-11H,1H3,(H,18,19). The van der Waals surface area contributed by atoms with Gasteiger partial charge in [-0.3, -0.25) is 0 Å². The number of nitrogens with zero attached hydrogens (tertiary/aromatic N) is 1. The van der Waals surface area contributed by atoms with E-state index in [-0.39, 0.29) is 5.82 Å². The molecule has 0 saturated heterocycles. The molecule has 104 valence electrons. The summed E-state index contributed by atoms with van der Waals surface area (Å²) in [7, 11) is 1.33. The zero-order valence-electron chi connectivity index (χ0n) is 11.5. The lowest BCUT2D eigenvalue weighted by molar-refractivity contribution is 0.0588. The van der Waals surface area contributed by atoms with Crippen molar-refractivity contribution in [1.29, 1.82) is 0 Å². The number of aromatic amines is 1. The lowest BCUT2D eigenvalue weighted by atomic mass is 10.0. The molecule has 1 aromatic heterocycles. The summed E-state index contributed by atoms with van der Waals surface area (Å²) in [6, 6.07) is 18.2. The molecule has 0 unspecified atom stereocenters. The average Bonchev–Trinajstić information content (AvgIpc) is 3.05. The number of rotatable bonds is 3. The van der Waals surface area contributed by atoms with E-state index in [0.717, 1.165) is 16.7 Å². The first kappa shape index (κ1) is 13.1. The van der Waals surface area contributed by atoms with Gasteiger partial charge in [-0.15, -0.1) is 0 Å². The average molecular weight is 278 g/mol. The highest BCUT2D eigenvalue weighted by atomic mass is 16.5. The van der Waals surface area contributed by atoms with Gasteiger partial charge in [0.2, 0.25) is 5.82 Å². The van der Waals surface area contributed by atoms with E-state index in [1.165, 1.54) is 7.11 Å². The third-order valence-corrected chi connectivity index (χ3v) is 3.22. The molecule has 3 rings (SSSR count). The summed E-state index contributed by atoms with van der Waals surface area (Å²) in [6.07, 6.45) is 1.70. The van der Waals surface area contributed by atoms with Crippen LogP contribution in [0.4, 0.5) is 0 Å². The highest BCUT2D eigenvalue weighted by molar-refractivity contribution is 5.86. The maximum atomic E-state index is 11.4. The molecule has 0 spiro atoms. The molecule has 1 heterocycles. The Bertz CT molecular complexity index is 763. The first-order chi connectivity index (χ1) is 10.3. The minimum absolute atomic E-state index is 0.206. The fourth-order valence-electron chi connectivity index (χ4n) is 2.16. The smallest absolute Gasteiger partial charge is 0.374 e. The molecule has 0 aliphatic rings. The number of methoxy groups -OCH3 is 1. The minimum atomic E-state index is -0.472. The van der Waals surface area contributed by atoms with Gasteiger partial charge in [0.1, 0.15) is 0 Å². The maximum absolute atomic E-state index is 11.4. The van der Waals surface area contributed by atoms with Gasteiger partial charge >= 0.3 is 5.97 Å². The Kier molecular flexibility index (Phi) is 3.51. The Hall–Kier alpha value is -2.88. The van der Waals surface area contributed by atoms with E-state index in [1.807, 2.05) is 42.5 Å². The molecule has 0 aliphatic heterocycles. The van der Waals surface area contributed by atoms with Crippen LogP contribution in [-0.4, -0.2) is 23.0 Å². The Morgan fingerprint density at radius 2 is 1.71 bits per heavy atom. The SMILES string of the molecule is COC(=O)c1nc(-c2cccc(-c3ccccc3)c2)c[nH]1. The summed E-state index contributed by atoms with van der Waals surface area (Å²) in [5.74, 6) is -0.266. The maximum Gasteiger partial charge on any atom is 0.374 e. The van der Waals surface area contributed by atoms with Gasteiger partial charge in [-0.25, -0.2) is 9.78 Å².